The van der Waals surface area contributed by atoms with Gasteiger partial charge in [0.05, 0.1) is 25.0 Å². The zero-order valence-electron chi connectivity index (χ0n) is 12.2. The van der Waals surface area contributed by atoms with E-state index in [2.05, 4.69) is 15.7 Å². The van der Waals surface area contributed by atoms with Crippen molar-refractivity contribution in [3.8, 4) is 0 Å². The van der Waals surface area contributed by atoms with Gasteiger partial charge in [0.15, 0.2) is 0 Å². The first-order valence-electron chi connectivity index (χ1n) is 6.87. The van der Waals surface area contributed by atoms with Crippen molar-refractivity contribution in [3.05, 3.63) is 48.3 Å². The third-order valence-electron chi connectivity index (χ3n) is 2.94. The minimum Gasteiger partial charge on any atom is -0.394 e. The van der Waals surface area contributed by atoms with Gasteiger partial charge in [-0.15, -0.1) is 0 Å². The number of rotatable bonds is 5. The van der Waals surface area contributed by atoms with E-state index in [0.29, 0.717) is 12.2 Å². The van der Waals surface area contributed by atoms with Crippen molar-refractivity contribution < 1.29 is 14.7 Å². The average molecular weight is 302 g/mol. The Kier molecular flexibility index (Phi) is 5.26. The lowest BCUT2D eigenvalue weighted by Crippen LogP contribution is -2.41. The fourth-order valence-corrected chi connectivity index (χ4v) is 1.81. The summed E-state index contributed by atoms with van der Waals surface area (Å²) in [6.07, 6.45) is 3.12. The van der Waals surface area contributed by atoms with E-state index in [1.807, 2.05) is 30.3 Å². The van der Waals surface area contributed by atoms with Gasteiger partial charge in [0, 0.05) is 12.2 Å². The quantitative estimate of drug-likeness (QED) is 0.695. The van der Waals surface area contributed by atoms with Crippen molar-refractivity contribution in [2.45, 2.75) is 19.5 Å². The second-order valence-corrected chi connectivity index (χ2v) is 4.92. The fourth-order valence-electron chi connectivity index (χ4n) is 1.81. The smallest absolute Gasteiger partial charge is 0.313 e. The summed E-state index contributed by atoms with van der Waals surface area (Å²) < 4.78 is 1.67. The molecule has 1 aromatic heterocycles. The molecule has 1 heterocycles. The number of nitrogens with one attached hydrogen (secondary N) is 2. The molecule has 0 saturated heterocycles. The molecule has 1 atom stereocenters. The minimum atomic E-state index is -0.794. The van der Waals surface area contributed by atoms with Crippen molar-refractivity contribution >= 4 is 17.5 Å². The molecule has 0 aliphatic heterocycles. The topological polar surface area (TPSA) is 96.2 Å². The molecule has 0 fully saturated rings. The van der Waals surface area contributed by atoms with Gasteiger partial charge in [0.2, 0.25) is 0 Å². The van der Waals surface area contributed by atoms with Gasteiger partial charge in [-0.1, -0.05) is 30.3 Å². The second kappa shape index (κ2) is 7.37. The number of aromatic nitrogens is 2. The Hall–Kier alpha value is -2.67. The lowest BCUT2D eigenvalue weighted by atomic mass is 10.2. The van der Waals surface area contributed by atoms with Crippen LogP contribution in [0.3, 0.4) is 0 Å². The Bertz CT molecular complexity index is 639. The van der Waals surface area contributed by atoms with Crippen LogP contribution >= 0.6 is 0 Å². The number of hydrogen-bond donors (Lipinski definition) is 3. The van der Waals surface area contributed by atoms with E-state index in [1.54, 1.807) is 17.8 Å². The van der Waals surface area contributed by atoms with Gasteiger partial charge in [0.25, 0.3) is 0 Å². The molecule has 7 nitrogen and oxygen atoms in total. The van der Waals surface area contributed by atoms with E-state index in [9.17, 15) is 9.59 Å². The highest BCUT2D eigenvalue weighted by Gasteiger charge is 2.16. The molecule has 1 aromatic carbocycles. The number of amides is 2. The number of benzene rings is 1. The van der Waals surface area contributed by atoms with Crippen molar-refractivity contribution in [2.75, 3.05) is 11.9 Å². The summed E-state index contributed by atoms with van der Waals surface area (Å²) in [5, 5.41) is 17.8. The first-order chi connectivity index (χ1) is 10.6. The third kappa shape index (κ3) is 4.42. The summed E-state index contributed by atoms with van der Waals surface area (Å²) in [6, 6.07) is 9.29. The number of aliphatic hydroxyl groups excluding tert-OH is 1. The van der Waals surface area contributed by atoms with E-state index >= 15 is 0 Å². The molecule has 0 aliphatic carbocycles. The van der Waals surface area contributed by atoms with E-state index in [1.165, 1.54) is 6.20 Å². The van der Waals surface area contributed by atoms with Crippen LogP contribution in [0.2, 0.25) is 0 Å². The van der Waals surface area contributed by atoms with Crippen LogP contribution in [0.15, 0.2) is 42.7 Å². The molecule has 0 unspecified atom stereocenters. The molecule has 0 spiro atoms. The van der Waals surface area contributed by atoms with E-state index in [4.69, 9.17) is 5.11 Å². The summed E-state index contributed by atoms with van der Waals surface area (Å²) in [5.41, 5.74) is 1.52. The van der Waals surface area contributed by atoms with Crippen LogP contribution in [0.5, 0.6) is 0 Å². The van der Waals surface area contributed by atoms with Gasteiger partial charge < -0.3 is 15.7 Å². The van der Waals surface area contributed by atoms with Gasteiger partial charge in [-0.2, -0.15) is 5.10 Å². The summed E-state index contributed by atoms with van der Waals surface area (Å²) in [5.74, 6) is -1.59. The number of carbonyl (C=O) groups is 2. The van der Waals surface area contributed by atoms with Gasteiger partial charge in [-0.3, -0.25) is 14.3 Å². The van der Waals surface area contributed by atoms with Crippen LogP contribution in [0, 0.1) is 0 Å². The van der Waals surface area contributed by atoms with Crippen molar-refractivity contribution in [1.82, 2.24) is 15.1 Å². The zero-order chi connectivity index (χ0) is 15.9. The highest BCUT2D eigenvalue weighted by atomic mass is 16.3. The Balaban J connectivity index is 1.91. The summed E-state index contributed by atoms with van der Waals surface area (Å²) >= 11 is 0. The Morgan fingerprint density at radius 2 is 2.00 bits per heavy atom. The molecule has 7 heteroatoms. The largest absolute Gasteiger partial charge is 0.394 e. The lowest BCUT2D eigenvalue weighted by molar-refractivity contribution is -0.136. The predicted molar refractivity (Wildman–Crippen MR) is 81.1 cm³/mol. The minimum absolute atomic E-state index is 0.228. The highest BCUT2D eigenvalue weighted by Crippen LogP contribution is 2.07. The molecule has 0 radical (unpaired) electrons. The summed E-state index contributed by atoms with van der Waals surface area (Å²) in [4.78, 5) is 23.2. The number of anilines is 1. The average Bonchev–Trinajstić information content (AvgIpc) is 2.95. The molecule has 2 rings (SSSR count). The molecule has 22 heavy (non-hydrogen) atoms. The van der Waals surface area contributed by atoms with Gasteiger partial charge in [-0.05, 0) is 12.5 Å². The normalized spacial score (nSPS) is 11.7. The third-order valence-corrected chi connectivity index (χ3v) is 2.94. The molecule has 116 valence electrons. The van der Waals surface area contributed by atoms with Crippen LogP contribution in [-0.2, 0) is 16.1 Å². The maximum absolute atomic E-state index is 11.7. The number of aliphatic hydroxyl groups is 1. The number of carbonyl (C=O) groups excluding carboxylic acids is 2. The fraction of sp³-hybridized carbons (Fsp3) is 0.267. The zero-order valence-corrected chi connectivity index (χ0v) is 12.2. The first kappa shape index (κ1) is 15.7. The van der Waals surface area contributed by atoms with Gasteiger partial charge in [-0.25, -0.2) is 0 Å². The molecular weight excluding hydrogens is 284 g/mol. The molecular formula is C15H18N4O3. The Morgan fingerprint density at radius 1 is 1.27 bits per heavy atom. The predicted octanol–water partition coefficient (Wildman–Crippen LogP) is 0.367. The van der Waals surface area contributed by atoms with Crippen molar-refractivity contribution in [1.29, 1.82) is 0 Å². The van der Waals surface area contributed by atoms with Gasteiger partial charge in [0.1, 0.15) is 0 Å². The maximum atomic E-state index is 11.7. The van der Waals surface area contributed by atoms with Crippen LogP contribution < -0.4 is 10.6 Å². The van der Waals surface area contributed by atoms with Gasteiger partial charge >= 0.3 is 11.8 Å². The Labute approximate surface area is 128 Å². The monoisotopic (exact) mass is 302 g/mol. The summed E-state index contributed by atoms with van der Waals surface area (Å²) in [6.45, 7) is 1.95. The van der Waals surface area contributed by atoms with Crippen LogP contribution in [0.25, 0.3) is 0 Å². The molecule has 0 bridgehead atoms. The highest BCUT2D eigenvalue weighted by molar-refractivity contribution is 6.39. The van der Waals surface area contributed by atoms with Crippen LogP contribution in [-0.4, -0.2) is 39.4 Å². The molecule has 0 aliphatic rings. The van der Waals surface area contributed by atoms with E-state index < -0.39 is 17.9 Å². The van der Waals surface area contributed by atoms with Crippen molar-refractivity contribution in [2.24, 2.45) is 0 Å². The van der Waals surface area contributed by atoms with E-state index in [0.717, 1.165) is 5.56 Å². The first-order valence-corrected chi connectivity index (χ1v) is 6.87. The molecule has 3 N–H and O–H groups in total. The standard InChI is InChI=1S/C15H18N4O3/c1-11(10-20)17-14(21)15(22)18-13-7-16-19(9-13)8-12-5-3-2-4-6-12/h2-7,9,11,20H,8,10H2,1H3,(H,17,21)(H,18,22)/t11-/m0/s1. The molecule has 0 saturated carbocycles. The maximum Gasteiger partial charge on any atom is 0.313 e. The van der Waals surface area contributed by atoms with Crippen LogP contribution in [0.4, 0.5) is 5.69 Å². The van der Waals surface area contributed by atoms with E-state index in [-0.39, 0.29) is 6.61 Å². The summed E-state index contributed by atoms with van der Waals surface area (Å²) in [7, 11) is 0. The number of hydrogen-bond acceptors (Lipinski definition) is 4. The lowest BCUT2D eigenvalue weighted by Gasteiger charge is -2.09. The second-order valence-electron chi connectivity index (χ2n) is 4.92. The molecule has 2 amide bonds. The Morgan fingerprint density at radius 3 is 2.68 bits per heavy atom. The van der Waals surface area contributed by atoms with Crippen molar-refractivity contribution in [3.63, 3.8) is 0 Å². The SMILES string of the molecule is C[C@@H](CO)NC(=O)C(=O)Nc1cnn(Cc2ccccc2)c1. The van der Waals surface area contributed by atoms with Crippen LogP contribution in [0.1, 0.15) is 12.5 Å². The number of nitrogens with zero attached hydrogens (tertiary/aromatic N) is 2. The molecule has 2 aromatic rings.